The number of methoxy groups -OCH3 is 1. The van der Waals surface area contributed by atoms with Gasteiger partial charge in [-0.1, -0.05) is 18.2 Å². The smallest absolute Gasteiger partial charge is 0.537 e. The van der Waals surface area contributed by atoms with Crippen LogP contribution in [0.15, 0.2) is 30.3 Å². The van der Waals surface area contributed by atoms with Gasteiger partial charge >= 0.3 is 7.69 Å². The molecule has 0 saturated heterocycles. The van der Waals surface area contributed by atoms with Gasteiger partial charge in [0.2, 0.25) is 0 Å². The first-order chi connectivity index (χ1) is 5.93. The highest BCUT2D eigenvalue weighted by Gasteiger charge is 1.95. The largest absolute Gasteiger partial charge is 0.574 e. The minimum absolute atomic E-state index is 0.201. The van der Waals surface area contributed by atoms with Crippen molar-refractivity contribution in [2.75, 3.05) is 13.9 Å². The molecule has 1 rings (SSSR count). The monoisotopic (exact) mass is 165 g/mol. The van der Waals surface area contributed by atoms with Crippen LogP contribution in [0.1, 0.15) is 0 Å². The lowest BCUT2D eigenvalue weighted by Gasteiger charge is -2.03. The highest BCUT2D eigenvalue weighted by atomic mass is 16.7. The van der Waals surface area contributed by atoms with Gasteiger partial charge in [-0.2, -0.15) is 0 Å². The van der Waals surface area contributed by atoms with Gasteiger partial charge in [0.05, 0.1) is 5.75 Å². The van der Waals surface area contributed by atoms with Gasteiger partial charge in [0.25, 0.3) is 0 Å². The fourth-order valence-electron chi connectivity index (χ4n) is 0.684. The van der Waals surface area contributed by atoms with Gasteiger partial charge in [0, 0.05) is 7.11 Å². The summed E-state index contributed by atoms with van der Waals surface area (Å²) in [5.74, 6) is 0.744. The van der Waals surface area contributed by atoms with Crippen molar-refractivity contribution in [3.8, 4) is 5.75 Å². The Hall–Kier alpha value is -0.995. The van der Waals surface area contributed by atoms with E-state index in [1.165, 1.54) is 7.69 Å². The van der Waals surface area contributed by atoms with Crippen LogP contribution in [0.25, 0.3) is 0 Å². The van der Waals surface area contributed by atoms with Crippen molar-refractivity contribution in [1.82, 2.24) is 0 Å². The second kappa shape index (κ2) is 5.63. The lowest BCUT2D eigenvalue weighted by Crippen LogP contribution is -2.09. The van der Waals surface area contributed by atoms with E-state index in [-0.39, 0.29) is 6.79 Å². The molecule has 0 aliphatic carbocycles. The Balaban J connectivity index is 2.16. The summed E-state index contributed by atoms with van der Waals surface area (Å²) in [6.07, 6.45) is 0. The van der Waals surface area contributed by atoms with Gasteiger partial charge in [0.15, 0.2) is 0 Å². The molecule has 12 heavy (non-hydrogen) atoms. The topological polar surface area (TPSA) is 27.7 Å². The Labute approximate surface area is 72.6 Å². The fourth-order valence-corrected chi connectivity index (χ4v) is 0.684. The van der Waals surface area contributed by atoms with Crippen LogP contribution in [-0.4, -0.2) is 21.6 Å². The molecule has 0 N–H and O–H groups in total. The van der Waals surface area contributed by atoms with Crippen LogP contribution in [0.2, 0.25) is 0 Å². The SMILES string of the molecule is COCO[B]Oc1ccccc1. The highest BCUT2D eigenvalue weighted by Crippen LogP contribution is 2.06. The van der Waals surface area contributed by atoms with Crippen LogP contribution in [0, 0.1) is 0 Å². The standard InChI is InChI=1S/C8H10BO3/c1-10-7-11-9-12-8-5-3-2-4-6-8/h2-6H,7H2,1H3. The van der Waals surface area contributed by atoms with Crippen molar-refractivity contribution in [1.29, 1.82) is 0 Å². The van der Waals surface area contributed by atoms with Gasteiger partial charge in [0.1, 0.15) is 6.79 Å². The average molecular weight is 165 g/mol. The molecule has 0 heterocycles. The van der Waals surface area contributed by atoms with Crippen molar-refractivity contribution >= 4 is 7.69 Å². The quantitative estimate of drug-likeness (QED) is 0.373. The van der Waals surface area contributed by atoms with Crippen molar-refractivity contribution in [3.63, 3.8) is 0 Å². The van der Waals surface area contributed by atoms with Gasteiger partial charge in [-0.05, 0) is 12.1 Å². The Morgan fingerprint density at radius 1 is 1.25 bits per heavy atom. The molecule has 0 fully saturated rings. The van der Waals surface area contributed by atoms with Crippen LogP contribution in [-0.2, 0) is 9.39 Å². The first kappa shape index (κ1) is 9.10. The van der Waals surface area contributed by atoms with E-state index in [9.17, 15) is 0 Å². The zero-order chi connectivity index (χ0) is 8.65. The van der Waals surface area contributed by atoms with E-state index in [0.29, 0.717) is 0 Å². The van der Waals surface area contributed by atoms with E-state index in [1.807, 2.05) is 30.3 Å². The molecule has 0 saturated carbocycles. The molecular formula is C8H10BO3. The lowest BCUT2D eigenvalue weighted by molar-refractivity contribution is 0.0450. The number of hydrogen-bond acceptors (Lipinski definition) is 3. The normalized spacial score (nSPS) is 9.42. The van der Waals surface area contributed by atoms with Gasteiger partial charge in [-0.15, -0.1) is 0 Å². The molecule has 1 aromatic carbocycles. The van der Waals surface area contributed by atoms with E-state index >= 15 is 0 Å². The van der Waals surface area contributed by atoms with Crippen molar-refractivity contribution in [3.05, 3.63) is 30.3 Å². The van der Waals surface area contributed by atoms with Crippen molar-refractivity contribution in [2.24, 2.45) is 0 Å². The number of benzene rings is 1. The predicted molar refractivity (Wildman–Crippen MR) is 45.8 cm³/mol. The molecule has 63 valence electrons. The van der Waals surface area contributed by atoms with E-state index < -0.39 is 0 Å². The van der Waals surface area contributed by atoms with Gasteiger partial charge in [-0.3, -0.25) is 0 Å². The predicted octanol–water partition coefficient (Wildman–Crippen LogP) is 1.22. The van der Waals surface area contributed by atoms with Crippen LogP contribution >= 0.6 is 0 Å². The molecule has 0 spiro atoms. The van der Waals surface area contributed by atoms with Gasteiger partial charge in [-0.25, -0.2) is 0 Å². The summed E-state index contributed by atoms with van der Waals surface area (Å²) >= 11 is 0. The zero-order valence-electron chi connectivity index (χ0n) is 6.90. The molecule has 0 aromatic heterocycles. The second-order valence-electron chi connectivity index (χ2n) is 2.10. The highest BCUT2D eigenvalue weighted by molar-refractivity contribution is 6.19. The maximum atomic E-state index is 5.08. The van der Waals surface area contributed by atoms with E-state index in [0.717, 1.165) is 5.75 Å². The summed E-state index contributed by atoms with van der Waals surface area (Å²) in [5.41, 5.74) is 0. The molecule has 3 nitrogen and oxygen atoms in total. The number of rotatable bonds is 5. The third kappa shape index (κ3) is 3.41. The molecular weight excluding hydrogens is 155 g/mol. The van der Waals surface area contributed by atoms with Gasteiger partial charge < -0.3 is 14.0 Å². The van der Waals surface area contributed by atoms with E-state index in [4.69, 9.17) is 9.31 Å². The number of para-hydroxylation sites is 1. The third-order valence-corrected chi connectivity index (χ3v) is 1.18. The Morgan fingerprint density at radius 2 is 2.00 bits per heavy atom. The molecule has 0 amide bonds. The average Bonchev–Trinajstić information content (AvgIpc) is 2.14. The summed E-state index contributed by atoms with van der Waals surface area (Å²) in [6, 6.07) is 9.38. The Kier molecular flexibility index (Phi) is 4.27. The summed E-state index contributed by atoms with van der Waals surface area (Å²) in [7, 11) is 2.80. The van der Waals surface area contributed by atoms with Crippen LogP contribution in [0.5, 0.6) is 5.75 Å². The molecule has 0 aliphatic heterocycles. The van der Waals surface area contributed by atoms with Crippen LogP contribution in [0.4, 0.5) is 0 Å². The molecule has 0 bridgehead atoms. The summed E-state index contributed by atoms with van der Waals surface area (Å²) < 4.78 is 14.5. The second-order valence-corrected chi connectivity index (χ2v) is 2.10. The number of hydrogen-bond donors (Lipinski definition) is 0. The summed E-state index contributed by atoms with van der Waals surface area (Å²) in [6.45, 7) is 0.201. The van der Waals surface area contributed by atoms with Crippen LogP contribution < -0.4 is 4.65 Å². The molecule has 1 radical (unpaired) electrons. The van der Waals surface area contributed by atoms with E-state index in [1.54, 1.807) is 7.11 Å². The summed E-state index contributed by atoms with van der Waals surface area (Å²) in [4.78, 5) is 0. The number of ether oxygens (including phenoxy) is 1. The summed E-state index contributed by atoms with van der Waals surface area (Å²) in [5, 5.41) is 0. The molecule has 0 aliphatic rings. The first-order valence-electron chi connectivity index (χ1n) is 3.57. The molecule has 4 heteroatoms. The maximum Gasteiger partial charge on any atom is 0.574 e. The molecule has 1 aromatic rings. The zero-order valence-corrected chi connectivity index (χ0v) is 6.90. The Morgan fingerprint density at radius 3 is 2.67 bits per heavy atom. The molecule has 0 atom stereocenters. The maximum absolute atomic E-state index is 5.08. The fraction of sp³-hybridized carbons (Fsp3) is 0.250. The minimum atomic E-state index is 0.201. The van der Waals surface area contributed by atoms with Crippen molar-refractivity contribution < 1.29 is 14.0 Å². The van der Waals surface area contributed by atoms with Crippen LogP contribution in [0.3, 0.4) is 0 Å². The minimum Gasteiger partial charge on any atom is -0.537 e. The lowest BCUT2D eigenvalue weighted by atomic mass is 10.3. The molecule has 0 unspecified atom stereocenters. The third-order valence-electron chi connectivity index (χ3n) is 1.18. The Bertz CT molecular complexity index is 203. The first-order valence-corrected chi connectivity index (χ1v) is 3.57. The van der Waals surface area contributed by atoms with Crippen molar-refractivity contribution in [2.45, 2.75) is 0 Å². The van der Waals surface area contributed by atoms with E-state index in [2.05, 4.69) is 4.74 Å².